The zero-order valence-corrected chi connectivity index (χ0v) is 17.8. The first-order valence-corrected chi connectivity index (χ1v) is 10.5. The van der Waals surface area contributed by atoms with Gasteiger partial charge < -0.3 is 15.5 Å². The van der Waals surface area contributed by atoms with Crippen molar-refractivity contribution in [3.63, 3.8) is 0 Å². The highest BCUT2D eigenvalue weighted by Gasteiger charge is 2.21. The average molecular weight is 415 g/mol. The lowest BCUT2D eigenvalue weighted by molar-refractivity contribution is 0.252. The van der Waals surface area contributed by atoms with Gasteiger partial charge in [-0.3, -0.25) is 4.98 Å². The van der Waals surface area contributed by atoms with Crippen LogP contribution in [-0.2, 0) is 0 Å². The quantitative estimate of drug-likeness (QED) is 0.549. The molecule has 158 valence electrons. The van der Waals surface area contributed by atoms with E-state index in [9.17, 15) is 0 Å². The van der Waals surface area contributed by atoms with E-state index >= 15 is 0 Å². The highest BCUT2D eigenvalue weighted by molar-refractivity contribution is 5.84. The third-order valence-corrected chi connectivity index (χ3v) is 6.10. The van der Waals surface area contributed by atoms with E-state index in [2.05, 4.69) is 51.1 Å². The molecule has 0 saturated carbocycles. The molecule has 1 saturated heterocycles. The van der Waals surface area contributed by atoms with E-state index < -0.39 is 0 Å². The Hall–Kier alpha value is -3.52. The van der Waals surface area contributed by atoms with Gasteiger partial charge in [0, 0.05) is 49.0 Å². The fourth-order valence-corrected chi connectivity index (χ4v) is 4.19. The highest BCUT2D eigenvalue weighted by Crippen LogP contribution is 2.29. The molecule has 0 bridgehead atoms. The van der Waals surface area contributed by atoms with Crippen LogP contribution in [0.25, 0.3) is 28.0 Å². The number of aromatic nitrogens is 5. The molecule has 0 spiro atoms. The fraction of sp³-hybridized carbons (Fsp3) is 0.304. The largest absolute Gasteiger partial charge is 0.382 e. The number of nitrogens with two attached hydrogens (primary N) is 1. The van der Waals surface area contributed by atoms with Crippen LogP contribution >= 0.6 is 0 Å². The van der Waals surface area contributed by atoms with Crippen molar-refractivity contribution < 1.29 is 0 Å². The maximum Gasteiger partial charge on any atom is 0.166 e. The SMILES string of the molecule is CN1CCC(N(C)c2ccc(-c3cnc4c(-c5ccccn5)c(N)nn4c3)cn2)CC1. The van der Waals surface area contributed by atoms with Crippen LogP contribution in [-0.4, -0.2) is 62.7 Å². The minimum Gasteiger partial charge on any atom is -0.382 e. The van der Waals surface area contributed by atoms with E-state index in [4.69, 9.17) is 10.7 Å². The van der Waals surface area contributed by atoms with Crippen molar-refractivity contribution >= 4 is 17.3 Å². The topological polar surface area (TPSA) is 88.5 Å². The minimum absolute atomic E-state index is 0.413. The van der Waals surface area contributed by atoms with Crippen LogP contribution in [0, 0.1) is 0 Å². The first-order chi connectivity index (χ1) is 15.1. The zero-order chi connectivity index (χ0) is 21.4. The molecule has 0 unspecified atom stereocenters. The summed E-state index contributed by atoms with van der Waals surface area (Å²) in [6, 6.07) is 10.4. The summed E-state index contributed by atoms with van der Waals surface area (Å²) in [5.41, 5.74) is 10.3. The second kappa shape index (κ2) is 7.96. The molecule has 0 radical (unpaired) electrons. The van der Waals surface area contributed by atoms with Crippen molar-refractivity contribution in [1.82, 2.24) is 29.5 Å². The van der Waals surface area contributed by atoms with E-state index in [0.717, 1.165) is 54.1 Å². The molecule has 0 atom stereocenters. The van der Waals surface area contributed by atoms with E-state index in [1.807, 2.05) is 36.8 Å². The number of rotatable bonds is 4. The van der Waals surface area contributed by atoms with Gasteiger partial charge in [0.25, 0.3) is 0 Å². The number of pyridine rings is 2. The predicted molar refractivity (Wildman–Crippen MR) is 123 cm³/mol. The van der Waals surface area contributed by atoms with E-state index in [-0.39, 0.29) is 0 Å². The molecule has 1 aliphatic rings. The van der Waals surface area contributed by atoms with Crippen LogP contribution in [0.15, 0.2) is 55.1 Å². The van der Waals surface area contributed by atoms with Crippen molar-refractivity contribution in [3.05, 3.63) is 55.1 Å². The van der Waals surface area contributed by atoms with Gasteiger partial charge in [-0.25, -0.2) is 14.5 Å². The van der Waals surface area contributed by atoms with Gasteiger partial charge in [0.15, 0.2) is 11.5 Å². The van der Waals surface area contributed by atoms with E-state index in [1.54, 1.807) is 10.7 Å². The van der Waals surface area contributed by atoms with Crippen LogP contribution in [0.4, 0.5) is 11.6 Å². The lowest BCUT2D eigenvalue weighted by Gasteiger charge is -2.35. The monoisotopic (exact) mass is 414 g/mol. The maximum absolute atomic E-state index is 6.17. The Morgan fingerprint density at radius 3 is 2.52 bits per heavy atom. The molecule has 4 aromatic rings. The molecule has 0 amide bonds. The Kier molecular flexibility index (Phi) is 4.99. The predicted octanol–water partition coefficient (Wildman–Crippen LogP) is 2.97. The third-order valence-electron chi connectivity index (χ3n) is 6.10. The summed E-state index contributed by atoms with van der Waals surface area (Å²) < 4.78 is 1.72. The number of anilines is 2. The van der Waals surface area contributed by atoms with Crippen LogP contribution in [0.1, 0.15) is 12.8 Å². The lowest BCUT2D eigenvalue weighted by atomic mass is 10.0. The van der Waals surface area contributed by atoms with Gasteiger partial charge in [-0.05, 0) is 57.2 Å². The van der Waals surface area contributed by atoms with Crippen LogP contribution in [0.2, 0.25) is 0 Å². The number of nitrogen functional groups attached to an aromatic ring is 1. The molecular weight excluding hydrogens is 388 g/mol. The number of likely N-dealkylation sites (tertiary alicyclic amines) is 1. The molecule has 0 aliphatic carbocycles. The Labute approximate surface area is 181 Å². The normalized spacial score (nSPS) is 15.4. The van der Waals surface area contributed by atoms with Crippen molar-refractivity contribution in [1.29, 1.82) is 0 Å². The maximum atomic E-state index is 6.17. The fourth-order valence-electron chi connectivity index (χ4n) is 4.19. The third kappa shape index (κ3) is 3.70. The molecule has 8 heteroatoms. The summed E-state index contributed by atoms with van der Waals surface area (Å²) in [6.07, 6.45) is 9.73. The van der Waals surface area contributed by atoms with Crippen LogP contribution in [0.3, 0.4) is 0 Å². The first-order valence-electron chi connectivity index (χ1n) is 10.5. The molecule has 1 fully saturated rings. The van der Waals surface area contributed by atoms with Gasteiger partial charge in [-0.1, -0.05) is 6.07 Å². The summed E-state index contributed by atoms with van der Waals surface area (Å²) in [5.74, 6) is 1.41. The molecule has 2 N–H and O–H groups in total. The van der Waals surface area contributed by atoms with Gasteiger partial charge >= 0.3 is 0 Å². The van der Waals surface area contributed by atoms with Crippen molar-refractivity contribution in [2.75, 3.05) is 37.8 Å². The van der Waals surface area contributed by atoms with Gasteiger partial charge in [0.05, 0.1) is 11.3 Å². The molecule has 8 nitrogen and oxygen atoms in total. The lowest BCUT2D eigenvalue weighted by Crippen LogP contribution is -2.42. The zero-order valence-electron chi connectivity index (χ0n) is 17.8. The number of hydrogen-bond acceptors (Lipinski definition) is 7. The molecule has 1 aliphatic heterocycles. The molecule has 31 heavy (non-hydrogen) atoms. The Morgan fingerprint density at radius 1 is 1.00 bits per heavy atom. The minimum atomic E-state index is 0.413. The van der Waals surface area contributed by atoms with E-state index in [0.29, 0.717) is 17.5 Å². The summed E-state index contributed by atoms with van der Waals surface area (Å²) in [6.45, 7) is 2.26. The highest BCUT2D eigenvalue weighted by atomic mass is 15.3. The summed E-state index contributed by atoms with van der Waals surface area (Å²) in [4.78, 5) is 18.4. The molecule has 0 aromatic carbocycles. The molecular formula is C23H26N8. The molecule has 5 rings (SSSR count). The van der Waals surface area contributed by atoms with Gasteiger partial charge in [-0.2, -0.15) is 0 Å². The number of nitrogens with zero attached hydrogens (tertiary/aromatic N) is 7. The van der Waals surface area contributed by atoms with Crippen LogP contribution in [0.5, 0.6) is 0 Å². The second-order valence-corrected chi connectivity index (χ2v) is 8.14. The standard InChI is InChI=1S/C23H26N8/c1-29-11-8-18(9-12-29)30(2)20-7-6-16(13-26-20)17-14-27-23-21(19-5-3-4-10-25-19)22(24)28-31(23)15-17/h3-7,10,13-15,18H,8-9,11-12H2,1-2H3,(H2,24,28). The van der Waals surface area contributed by atoms with Gasteiger partial charge in [-0.15, -0.1) is 5.10 Å². The van der Waals surface area contributed by atoms with Crippen molar-refractivity contribution in [2.45, 2.75) is 18.9 Å². The average Bonchev–Trinajstić information content (AvgIpc) is 3.14. The van der Waals surface area contributed by atoms with Gasteiger partial charge in [0.1, 0.15) is 5.82 Å². The van der Waals surface area contributed by atoms with Crippen molar-refractivity contribution in [3.8, 4) is 22.4 Å². The van der Waals surface area contributed by atoms with Crippen molar-refractivity contribution in [2.24, 2.45) is 0 Å². The second-order valence-electron chi connectivity index (χ2n) is 8.14. The smallest absolute Gasteiger partial charge is 0.166 e. The van der Waals surface area contributed by atoms with Gasteiger partial charge in [0.2, 0.25) is 0 Å². The Bertz CT molecular complexity index is 1180. The molecule has 5 heterocycles. The Morgan fingerprint density at radius 2 is 1.81 bits per heavy atom. The van der Waals surface area contributed by atoms with Crippen LogP contribution < -0.4 is 10.6 Å². The summed E-state index contributed by atoms with van der Waals surface area (Å²) in [5, 5.41) is 4.45. The number of hydrogen-bond donors (Lipinski definition) is 1. The first kappa shape index (κ1) is 19.4. The Balaban J connectivity index is 1.41. The number of piperidine rings is 1. The summed E-state index contributed by atoms with van der Waals surface area (Å²) >= 11 is 0. The van der Waals surface area contributed by atoms with E-state index in [1.165, 1.54) is 0 Å². The summed E-state index contributed by atoms with van der Waals surface area (Å²) in [7, 11) is 4.32. The number of fused-ring (bicyclic) bond motifs is 1. The molecule has 4 aromatic heterocycles.